The van der Waals surface area contributed by atoms with E-state index in [4.69, 9.17) is 9.47 Å². The van der Waals surface area contributed by atoms with Crippen LogP contribution < -0.4 is 10.6 Å². The number of hydrogen-bond acceptors (Lipinski definition) is 5. The monoisotopic (exact) mass is 403 g/mol. The fourth-order valence-corrected chi connectivity index (χ4v) is 2.91. The molecule has 2 N–H and O–H groups in total. The van der Waals surface area contributed by atoms with Crippen molar-refractivity contribution >= 4 is 17.9 Å². The molecule has 2 rings (SSSR count). The molecule has 0 bridgehead atoms. The second kappa shape index (κ2) is 9.56. The maximum Gasteiger partial charge on any atom is 0.410 e. The third-order valence-electron chi connectivity index (χ3n) is 4.41. The lowest BCUT2D eigenvalue weighted by atomic mass is 10.1. The van der Waals surface area contributed by atoms with Gasteiger partial charge in [-0.15, -0.1) is 0 Å². The normalized spacial score (nSPS) is 18.8. The molecular formula is C21H29N3O5. The summed E-state index contributed by atoms with van der Waals surface area (Å²) < 4.78 is 10.8. The van der Waals surface area contributed by atoms with Crippen LogP contribution in [0.3, 0.4) is 0 Å². The molecule has 1 saturated heterocycles. The number of carbonyl (C=O) groups is 3. The van der Waals surface area contributed by atoms with Crippen molar-refractivity contribution in [2.45, 2.75) is 45.1 Å². The Morgan fingerprint density at radius 2 is 1.86 bits per heavy atom. The molecule has 29 heavy (non-hydrogen) atoms. The molecular weight excluding hydrogens is 374 g/mol. The Balaban J connectivity index is 1.95. The number of nitrogens with one attached hydrogen (secondary N) is 2. The summed E-state index contributed by atoms with van der Waals surface area (Å²) in [6.45, 7) is 9.83. The van der Waals surface area contributed by atoms with Crippen LogP contribution in [-0.2, 0) is 20.8 Å². The number of ether oxygens (including phenoxy) is 2. The highest BCUT2D eigenvalue weighted by atomic mass is 16.6. The number of benzene rings is 1. The maximum absolute atomic E-state index is 12.6. The van der Waals surface area contributed by atoms with E-state index < -0.39 is 11.7 Å². The number of rotatable bonds is 6. The van der Waals surface area contributed by atoms with E-state index in [0.717, 1.165) is 5.56 Å². The van der Waals surface area contributed by atoms with Gasteiger partial charge in [0.05, 0.1) is 18.7 Å². The summed E-state index contributed by atoms with van der Waals surface area (Å²) in [5.74, 6) is -0.516. The first-order valence-electron chi connectivity index (χ1n) is 9.43. The Morgan fingerprint density at radius 3 is 2.41 bits per heavy atom. The first kappa shape index (κ1) is 22.4. The topological polar surface area (TPSA) is 97.0 Å². The van der Waals surface area contributed by atoms with Gasteiger partial charge in [0, 0.05) is 25.8 Å². The number of likely N-dealkylation sites (tertiary alicyclic amines) is 1. The zero-order valence-corrected chi connectivity index (χ0v) is 17.4. The van der Waals surface area contributed by atoms with Crippen molar-refractivity contribution < 1.29 is 23.9 Å². The minimum Gasteiger partial charge on any atom is -0.444 e. The van der Waals surface area contributed by atoms with E-state index in [0.29, 0.717) is 25.2 Å². The summed E-state index contributed by atoms with van der Waals surface area (Å²) in [5.41, 5.74) is 0.756. The Hall–Kier alpha value is -2.87. The number of amides is 3. The van der Waals surface area contributed by atoms with Gasteiger partial charge in [0.2, 0.25) is 5.91 Å². The van der Waals surface area contributed by atoms with E-state index in [-0.39, 0.29) is 24.0 Å². The molecule has 0 aliphatic carbocycles. The van der Waals surface area contributed by atoms with E-state index in [1.165, 1.54) is 11.0 Å². The van der Waals surface area contributed by atoms with Crippen molar-refractivity contribution in [1.29, 1.82) is 0 Å². The van der Waals surface area contributed by atoms with Crippen molar-refractivity contribution in [2.75, 3.05) is 20.2 Å². The molecule has 0 spiro atoms. The predicted molar refractivity (Wildman–Crippen MR) is 108 cm³/mol. The summed E-state index contributed by atoms with van der Waals surface area (Å²) in [5, 5.41) is 5.60. The van der Waals surface area contributed by atoms with Crippen LogP contribution in [0.1, 0.15) is 36.7 Å². The zero-order valence-electron chi connectivity index (χ0n) is 17.4. The quantitative estimate of drug-likeness (QED) is 0.707. The van der Waals surface area contributed by atoms with Crippen LogP contribution in [0.2, 0.25) is 0 Å². The number of nitrogens with zero attached hydrogens (tertiary/aromatic N) is 1. The lowest BCUT2D eigenvalue weighted by molar-refractivity contribution is -0.116. The van der Waals surface area contributed by atoms with E-state index in [1.807, 2.05) is 0 Å². The first-order valence-corrected chi connectivity index (χ1v) is 9.43. The van der Waals surface area contributed by atoms with E-state index in [2.05, 4.69) is 17.2 Å². The molecule has 1 heterocycles. The third kappa shape index (κ3) is 6.60. The highest BCUT2D eigenvalue weighted by molar-refractivity contribution is 5.94. The van der Waals surface area contributed by atoms with Crippen molar-refractivity contribution in [3.05, 3.63) is 48.0 Å². The van der Waals surface area contributed by atoms with Crippen LogP contribution in [0.4, 0.5) is 4.79 Å². The average molecular weight is 403 g/mol. The molecule has 0 radical (unpaired) electrons. The number of methoxy groups -OCH3 is 1. The molecule has 0 unspecified atom stereocenters. The largest absolute Gasteiger partial charge is 0.444 e. The van der Waals surface area contributed by atoms with Gasteiger partial charge in [0.25, 0.3) is 5.91 Å². The summed E-state index contributed by atoms with van der Waals surface area (Å²) >= 11 is 0. The molecule has 158 valence electrons. The summed E-state index contributed by atoms with van der Waals surface area (Å²) in [4.78, 5) is 37.7. The van der Waals surface area contributed by atoms with Crippen molar-refractivity contribution in [1.82, 2.24) is 15.5 Å². The van der Waals surface area contributed by atoms with Gasteiger partial charge < -0.3 is 25.0 Å². The Bertz CT molecular complexity index is 755. The smallest absolute Gasteiger partial charge is 0.410 e. The molecule has 1 aliphatic rings. The standard InChI is InChI=1S/C21H29N3O5/c1-6-18(25)22-11-14-7-9-15(10-8-14)19(26)23-16-12-24(13-17(16)28-5)20(27)29-21(2,3)4/h6-10,16-17H,1,11-13H2,2-5H3,(H,22,25)(H,23,26)/t16-,17-/m1/s1. The highest BCUT2D eigenvalue weighted by Gasteiger charge is 2.38. The molecule has 1 fully saturated rings. The molecule has 0 aromatic heterocycles. The van der Waals surface area contributed by atoms with E-state index in [9.17, 15) is 14.4 Å². The first-order chi connectivity index (χ1) is 13.6. The Morgan fingerprint density at radius 1 is 1.21 bits per heavy atom. The van der Waals surface area contributed by atoms with Gasteiger partial charge in [-0.2, -0.15) is 0 Å². The molecule has 8 heteroatoms. The van der Waals surface area contributed by atoms with Crippen LogP contribution in [0, 0.1) is 0 Å². The van der Waals surface area contributed by atoms with Gasteiger partial charge >= 0.3 is 6.09 Å². The number of hydrogen-bond donors (Lipinski definition) is 2. The molecule has 1 aromatic rings. The lowest BCUT2D eigenvalue weighted by Crippen LogP contribution is -2.44. The SMILES string of the molecule is C=CC(=O)NCc1ccc(C(=O)N[C@@H]2CN(C(=O)OC(C)(C)C)C[C@H]2OC)cc1. The minimum absolute atomic E-state index is 0.256. The van der Waals surface area contributed by atoms with Crippen LogP contribution in [0.5, 0.6) is 0 Å². The van der Waals surface area contributed by atoms with Gasteiger partial charge in [-0.05, 0) is 44.5 Å². The fourth-order valence-electron chi connectivity index (χ4n) is 2.91. The fraction of sp³-hybridized carbons (Fsp3) is 0.476. The van der Waals surface area contributed by atoms with Crippen LogP contribution in [0.15, 0.2) is 36.9 Å². The maximum atomic E-state index is 12.6. The molecule has 1 aliphatic heterocycles. The minimum atomic E-state index is -0.589. The lowest BCUT2D eigenvalue weighted by Gasteiger charge is -2.24. The van der Waals surface area contributed by atoms with Gasteiger partial charge in [0.1, 0.15) is 5.60 Å². The zero-order chi connectivity index (χ0) is 21.6. The van der Waals surface area contributed by atoms with Crippen LogP contribution in [-0.4, -0.2) is 60.8 Å². The van der Waals surface area contributed by atoms with Gasteiger partial charge in [-0.1, -0.05) is 18.7 Å². The average Bonchev–Trinajstić information content (AvgIpc) is 3.08. The summed E-state index contributed by atoms with van der Waals surface area (Å²) in [6, 6.07) is 6.58. The summed E-state index contributed by atoms with van der Waals surface area (Å²) in [7, 11) is 1.55. The second-order valence-corrected chi connectivity index (χ2v) is 7.86. The molecule has 8 nitrogen and oxygen atoms in total. The van der Waals surface area contributed by atoms with Gasteiger partial charge in [-0.25, -0.2) is 4.79 Å². The predicted octanol–water partition coefficient (Wildman–Crippen LogP) is 1.85. The number of carbonyl (C=O) groups excluding carboxylic acids is 3. The summed E-state index contributed by atoms with van der Waals surface area (Å²) in [6.07, 6.45) is 0.456. The molecule has 2 atom stereocenters. The van der Waals surface area contributed by atoms with Crippen molar-refractivity contribution in [2.24, 2.45) is 0 Å². The van der Waals surface area contributed by atoms with Crippen molar-refractivity contribution in [3.8, 4) is 0 Å². The molecule has 0 saturated carbocycles. The van der Waals surface area contributed by atoms with E-state index in [1.54, 1.807) is 52.1 Å². The highest BCUT2D eigenvalue weighted by Crippen LogP contribution is 2.18. The van der Waals surface area contributed by atoms with Gasteiger partial charge in [-0.3, -0.25) is 9.59 Å². The van der Waals surface area contributed by atoms with Crippen LogP contribution in [0.25, 0.3) is 0 Å². The van der Waals surface area contributed by atoms with Crippen molar-refractivity contribution in [3.63, 3.8) is 0 Å². The van der Waals surface area contributed by atoms with Gasteiger partial charge in [0.15, 0.2) is 0 Å². The van der Waals surface area contributed by atoms with Crippen LogP contribution >= 0.6 is 0 Å². The van der Waals surface area contributed by atoms with E-state index >= 15 is 0 Å². The molecule has 3 amide bonds. The Kier molecular flexibility index (Phi) is 7.39. The molecule has 1 aromatic carbocycles. The third-order valence-corrected chi connectivity index (χ3v) is 4.41. The Labute approximate surface area is 171 Å². The second-order valence-electron chi connectivity index (χ2n) is 7.86.